The molecule has 2 N–H and O–H groups in total. The van der Waals surface area contributed by atoms with E-state index in [1.54, 1.807) is 6.20 Å². The molecule has 0 aromatic carbocycles. The van der Waals surface area contributed by atoms with Crippen molar-refractivity contribution in [2.24, 2.45) is 5.73 Å². The maximum atomic E-state index is 5.70. The summed E-state index contributed by atoms with van der Waals surface area (Å²) in [4.78, 5) is 4.19. The summed E-state index contributed by atoms with van der Waals surface area (Å²) in [7, 11) is 0. The van der Waals surface area contributed by atoms with Crippen LogP contribution in [0.5, 0.6) is 11.6 Å². The van der Waals surface area contributed by atoms with Gasteiger partial charge in [-0.1, -0.05) is 6.08 Å². The molecule has 0 radical (unpaired) electrons. The van der Waals surface area contributed by atoms with Gasteiger partial charge in [0.15, 0.2) is 5.75 Å². The number of aromatic nitrogens is 1. The number of nitrogens with zero attached hydrogens (tertiary/aromatic N) is 1. The van der Waals surface area contributed by atoms with Gasteiger partial charge in [-0.2, -0.15) is 0 Å². The van der Waals surface area contributed by atoms with E-state index < -0.39 is 0 Å². The molecule has 0 fully saturated rings. The summed E-state index contributed by atoms with van der Waals surface area (Å²) < 4.78 is 10.4. The summed E-state index contributed by atoms with van der Waals surface area (Å²) in [5, 5.41) is 0. The van der Waals surface area contributed by atoms with Crippen molar-refractivity contribution in [1.29, 1.82) is 0 Å². The van der Waals surface area contributed by atoms with Crippen LogP contribution in [-0.2, 0) is 0 Å². The van der Waals surface area contributed by atoms with E-state index in [1.807, 2.05) is 19.9 Å². The minimum absolute atomic E-state index is 0.178. The summed E-state index contributed by atoms with van der Waals surface area (Å²) in [6.07, 6.45) is 4.77. The van der Waals surface area contributed by atoms with E-state index in [0.717, 1.165) is 17.6 Å². The predicted molar refractivity (Wildman–Crippen MR) is 62.3 cm³/mol. The second-order valence-corrected chi connectivity index (χ2v) is 4.03. The van der Waals surface area contributed by atoms with Crippen molar-refractivity contribution < 1.29 is 9.47 Å². The van der Waals surface area contributed by atoms with Crippen molar-refractivity contribution in [3.05, 3.63) is 23.9 Å². The molecule has 1 atom stereocenters. The predicted octanol–water partition coefficient (Wildman–Crippen LogP) is 1.95. The quantitative estimate of drug-likeness (QED) is 0.845. The largest absolute Gasteiger partial charge is 0.452 e. The van der Waals surface area contributed by atoms with E-state index in [4.69, 9.17) is 15.2 Å². The number of nitrogens with two attached hydrogens (primary N) is 1. The second kappa shape index (κ2) is 4.53. The lowest BCUT2D eigenvalue weighted by Crippen LogP contribution is -2.12. The van der Waals surface area contributed by atoms with Crippen molar-refractivity contribution in [2.45, 2.75) is 26.3 Å². The molecular weight excluding hydrogens is 204 g/mol. The average Bonchev–Trinajstić information content (AvgIpc) is 2.72. The van der Waals surface area contributed by atoms with Crippen LogP contribution in [0.1, 0.15) is 25.8 Å². The molecule has 1 aliphatic rings. The van der Waals surface area contributed by atoms with Crippen LogP contribution < -0.4 is 15.2 Å². The van der Waals surface area contributed by atoms with Crippen molar-refractivity contribution in [2.75, 3.05) is 6.79 Å². The molecule has 2 heterocycles. The molecule has 0 aliphatic carbocycles. The lowest BCUT2D eigenvalue weighted by molar-refractivity contribution is 0.171. The van der Waals surface area contributed by atoms with Crippen LogP contribution in [0, 0.1) is 0 Å². The van der Waals surface area contributed by atoms with Gasteiger partial charge in [-0.25, -0.2) is 4.98 Å². The van der Waals surface area contributed by atoms with Crippen LogP contribution >= 0.6 is 0 Å². The van der Waals surface area contributed by atoms with Crippen molar-refractivity contribution in [1.82, 2.24) is 4.98 Å². The number of ether oxygens (including phenoxy) is 2. The Labute approximate surface area is 95.1 Å². The highest BCUT2D eigenvalue weighted by Gasteiger charge is 2.15. The third kappa shape index (κ3) is 2.33. The fraction of sp³-hybridized carbons (Fsp3) is 0.417. The minimum Gasteiger partial charge on any atom is -0.452 e. The van der Waals surface area contributed by atoms with E-state index in [0.29, 0.717) is 11.6 Å². The Morgan fingerprint density at radius 3 is 3.19 bits per heavy atom. The lowest BCUT2D eigenvalue weighted by atomic mass is 10.1. The Morgan fingerprint density at radius 1 is 1.62 bits per heavy atom. The van der Waals surface area contributed by atoms with Gasteiger partial charge in [0.2, 0.25) is 6.79 Å². The highest BCUT2D eigenvalue weighted by Crippen LogP contribution is 2.31. The fourth-order valence-corrected chi connectivity index (χ4v) is 1.49. The average molecular weight is 220 g/mol. The first kappa shape index (κ1) is 11.0. The van der Waals surface area contributed by atoms with E-state index in [2.05, 4.69) is 11.1 Å². The van der Waals surface area contributed by atoms with Crippen LogP contribution in [0.2, 0.25) is 0 Å². The molecule has 86 valence electrons. The Morgan fingerprint density at radius 2 is 2.44 bits per heavy atom. The first-order valence-corrected chi connectivity index (χ1v) is 5.35. The van der Waals surface area contributed by atoms with Gasteiger partial charge in [0, 0.05) is 12.2 Å². The molecule has 1 aliphatic heterocycles. The van der Waals surface area contributed by atoms with Crippen LogP contribution in [-0.4, -0.2) is 17.8 Å². The summed E-state index contributed by atoms with van der Waals surface area (Å²) in [6.45, 7) is 4.29. The molecule has 1 unspecified atom stereocenters. The van der Waals surface area contributed by atoms with Crippen LogP contribution in [0.4, 0.5) is 0 Å². The van der Waals surface area contributed by atoms with Gasteiger partial charge in [0.05, 0.1) is 0 Å². The summed E-state index contributed by atoms with van der Waals surface area (Å²) in [5.41, 5.74) is 7.91. The third-order valence-electron chi connectivity index (χ3n) is 2.48. The molecule has 0 saturated carbocycles. The molecule has 16 heavy (non-hydrogen) atoms. The Bertz CT molecular complexity index is 413. The van der Waals surface area contributed by atoms with Crippen LogP contribution in [0.25, 0.3) is 5.57 Å². The zero-order valence-corrected chi connectivity index (χ0v) is 9.56. The Hall–Kier alpha value is -1.55. The second-order valence-electron chi connectivity index (χ2n) is 4.03. The molecule has 4 heteroatoms. The molecule has 4 nitrogen and oxygen atoms in total. The van der Waals surface area contributed by atoms with Crippen molar-refractivity contribution >= 4 is 5.57 Å². The van der Waals surface area contributed by atoms with Crippen molar-refractivity contribution in [3.63, 3.8) is 0 Å². The zero-order chi connectivity index (χ0) is 11.5. The zero-order valence-electron chi connectivity index (χ0n) is 9.56. The van der Waals surface area contributed by atoms with Gasteiger partial charge in [-0.15, -0.1) is 0 Å². The number of hydrogen-bond donors (Lipinski definition) is 1. The van der Waals surface area contributed by atoms with E-state index in [-0.39, 0.29) is 12.8 Å². The van der Waals surface area contributed by atoms with Gasteiger partial charge in [-0.3, -0.25) is 0 Å². The molecule has 0 bridgehead atoms. The lowest BCUT2D eigenvalue weighted by Gasteiger charge is -2.04. The number of allylic oxidation sites excluding steroid dienone is 1. The van der Waals surface area contributed by atoms with Gasteiger partial charge in [-0.05, 0) is 37.5 Å². The summed E-state index contributed by atoms with van der Waals surface area (Å²) >= 11 is 0. The molecule has 0 amide bonds. The maximum Gasteiger partial charge on any atom is 0.260 e. The highest BCUT2D eigenvalue weighted by molar-refractivity contribution is 5.65. The third-order valence-corrected chi connectivity index (χ3v) is 2.48. The normalized spacial score (nSPS) is 16.3. The number of hydrogen-bond acceptors (Lipinski definition) is 4. The molecule has 2 rings (SSSR count). The number of fused-ring (bicyclic) bond motifs is 1. The smallest absolute Gasteiger partial charge is 0.260 e. The van der Waals surface area contributed by atoms with E-state index >= 15 is 0 Å². The fourth-order valence-electron chi connectivity index (χ4n) is 1.49. The topological polar surface area (TPSA) is 57.4 Å². The van der Waals surface area contributed by atoms with Crippen molar-refractivity contribution in [3.8, 4) is 11.6 Å². The molecule has 0 saturated heterocycles. The summed E-state index contributed by atoms with van der Waals surface area (Å²) in [6, 6.07) is 2.12. The molecule has 0 spiro atoms. The Balaban J connectivity index is 2.18. The first-order chi connectivity index (χ1) is 7.66. The van der Waals surface area contributed by atoms with Gasteiger partial charge in [0.1, 0.15) is 0 Å². The standard InChI is InChI=1S/C12H16N2O2/c1-8(3-4-9(2)13)10-5-11-12(14-6-10)16-7-15-11/h3,5-6,9H,4,7,13H2,1-2H3. The van der Waals surface area contributed by atoms with E-state index in [1.165, 1.54) is 0 Å². The molecule has 1 aromatic rings. The van der Waals surface area contributed by atoms with Gasteiger partial charge in [0.25, 0.3) is 5.88 Å². The first-order valence-electron chi connectivity index (χ1n) is 5.35. The SMILES string of the molecule is CC(=CCC(C)N)c1cnc2c(c1)OCO2. The van der Waals surface area contributed by atoms with Gasteiger partial charge < -0.3 is 15.2 Å². The number of rotatable bonds is 3. The molecular formula is C12H16N2O2. The Kier molecular flexibility index (Phi) is 3.10. The van der Waals surface area contributed by atoms with Gasteiger partial charge >= 0.3 is 0 Å². The molecule has 1 aromatic heterocycles. The van der Waals surface area contributed by atoms with Crippen LogP contribution in [0.3, 0.4) is 0 Å². The minimum atomic E-state index is 0.178. The van der Waals surface area contributed by atoms with Crippen LogP contribution in [0.15, 0.2) is 18.3 Å². The number of pyridine rings is 1. The maximum absolute atomic E-state index is 5.70. The highest BCUT2D eigenvalue weighted by atomic mass is 16.7. The monoisotopic (exact) mass is 220 g/mol. The van der Waals surface area contributed by atoms with E-state index in [9.17, 15) is 0 Å². The summed E-state index contributed by atoms with van der Waals surface area (Å²) in [5.74, 6) is 1.29.